The van der Waals surface area contributed by atoms with E-state index in [9.17, 15) is 0 Å². The summed E-state index contributed by atoms with van der Waals surface area (Å²) in [6, 6.07) is 2.37. The number of nitrogens with one attached hydrogen (secondary N) is 1. The van der Waals surface area contributed by atoms with Gasteiger partial charge in [0.25, 0.3) is 0 Å². The van der Waals surface area contributed by atoms with Crippen LogP contribution in [0.1, 0.15) is 51.8 Å². The molecule has 2 rings (SSSR count). The molecule has 0 bridgehead atoms. The zero-order chi connectivity index (χ0) is 15.2. The Morgan fingerprint density at radius 2 is 2.14 bits per heavy atom. The van der Waals surface area contributed by atoms with Gasteiger partial charge in [0.15, 0.2) is 0 Å². The molecular formula is C16H28N4O. The Balaban J connectivity index is 2.24. The van der Waals surface area contributed by atoms with Crippen molar-refractivity contribution in [2.24, 2.45) is 0 Å². The summed E-state index contributed by atoms with van der Waals surface area (Å²) in [5.41, 5.74) is 0. The number of hydrogen-bond donors (Lipinski definition) is 1. The standard InChI is InChI=1S/C16H28N4O/c1-5-9-17-14-10-15(19-16(18-14)13-7-8-13)20(6-2)12(3)11-21-4/h10,12-13H,5-9,11H2,1-4H3,(H,17,18,19). The molecule has 5 nitrogen and oxygen atoms in total. The van der Waals surface area contributed by atoms with E-state index >= 15 is 0 Å². The number of hydrogen-bond acceptors (Lipinski definition) is 5. The van der Waals surface area contributed by atoms with Crippen molar-refractivity contribution in [2.45, 2.75) is 52.0 Å². The Labute approximate surface area is 128 Å². The maximum absolute atomic E-state index is 5.29. The maximum Gasteiger partial charge on any atom is 0.136 e. The molecule has 1 heterocycles. The molecule has 0 amide bonds. The van der Waals surface area contributed by atoms with Crippen LogP contribution in [0.4, 0.5) is 11.6 Å². The molecule has 1 unspecified atom stereocenters. The van der Waals surface area contributed by atoms with Crippen LogP contribution in [0.3, 0.4) is 0 Å². The van der Waals surface area contributed by atoms with E-state index in [0.717, 1.165) is 37.0 Å². The van der Waals surface area contributed by atoms with Gasteiger partial charge in [-0.2, -0.15) is 0 Å². The molecule has 21 heavy (non-hydrogen) atoms. The van der Waals surface area contributed by atoms with E-state index in [2.05, 4.69) is 42.0 Å². The van der Waals surface area contributed by atoms with E-state index in [1.807, 2.05) is 0 Å². The maximum atomic E-state index is 5.29. The van der Waals surface area contributed by atoms with Crippen molar-refractivity contribution in [3.8, 4) is 0 Å². The molecule has 1 fully saturated rings. The molecule has 1 aliphatic rings. The minimum Gasteiger partial charge on any atom is -0.383 e. The van der Waals surface area contributed by atoms with Crippen molar-refractivity contribution in [1.82, 2.24) is 9.97 Å². The average molecular weight is 292 g/mol. The SMILES string of the molecule is CCCNc1cc(N(CC)C(C)COC)nc(C2CC2)n1. The van der Waals surface area contributed by atoms with Gasteiger partial charge in [-0.15, -0.1) is 0 Å². The molecular weight excluding hydrogens is 264 g/mol. The third kappa shape index (κ3) is 4.30. The van der Waals surface area contributed by atoms with E-state index in [4.69, 9.17) is 9.72 Å². The Morgan fingerprint density at radius 1 is 1.38 bits per heavy atom. The summed E-state index contributed by atoms with van der Waals surface area (Å²) in [4.78, 5) is 11.8. The van der Waals surface area contributed by atoms with Crippen molar-refractivity contribution < 1.29 is 4.74 Å². The van der Waals surface area contributed by atoms with Crippen LogP contribution in [0.5, 0.6) is 0 Å². The quantitative estimate of drug-likeness (QED) is 0.758. The molecule has 1 aromatic heterocycles. The fourth-order valence-corrected chi connectivity index (χ4v) is 2.50. The lowest BCUT2D eigenvalue weighted by Gasteiger charge is -2.29. The predicted molar refractivity (Wildman–Crippen MR) is 87.1 cm³/mol. The van der Waals surface area contributed by atoms with Crippen molar-refractivity contribution in [3.05, 3.63) is 11.9 Å². The lowest BCUT2D eigenvalue weighted by Crippen LogP contribution is -2.37. The highest BCUT2D eigenvalue weighted by atomic mass is 16.5. The Kier molecular flexibility index (Phi) is 5.79. The zero-order valence-corrected chi connectivity index (χ0v) is 13.7. The molecule has 1 N–H and O–H groups in total. The molecule has 0 aromatic carbocycles. The lowest BCUT2D eigenvalue weighted by atomic mass is 10.2. The average Bonchev–Trinajstić information content (AvgIpc) is 3.30. The predicted octanol–water partition coefficient (Wildman–Crippen LogP) is 3.04. The van der Waals surface area contributed by atoms with Crippen LogP contribution in [0.25, 0.3) is 0 Å². The number of rotatable bonds is 9. The lowest BCUT2D eigenvalue weighted by molar-refractivity contribution is 0.181. The van der Waals surface area contributed by atoms with Crippen molar-refractivity contribution in [2.75, 3.05) is 37.0 Å². The third-order valence-corrected chi connectivity index (χ3v) is 3.80. The Bertz CT molecular complexity index is 448. The summed E-state index contributed by atoms with van der Waals surface area (Å²) in [6.07, 6.45) is 3.53. The topological polar surface area (TPSA) is 50.3 Å². The molecule has 0 spiro atoms. The van der Waals surface area contributed by atoms with Crippen molar-refractivity contribution >= 4 is 11.6 Å². The third-order valence-electron chi connectivity index (χ3n) is 3.80. The van der Waals surface area contributed by atoms with Gasteiger partial charge in [0.2, 0.25) is 0 Å². The number of methoxy groups -OCH3 is 1. The van der Waals surface area contributed by atoms with E-state index in [0.29, 0.717) is 18.6 Å². The number of ether oxygens (including phenoxy) is 1. The van der Waals surface area contributed by atoms with Gasteiger partial charge in [-0.05, 0) is 33.1 Å². The summed E-state index contributed by atoms with van der Waals surface area (Å²) in [5.74, 6) is 3.52. The van der Waals surface area contributed by atoms with Crippen molar-refractivity contribution in [1.29, 1.82) is 0 Å². The zero-order valence-electron chi connectivity index (χ0n) is 13.7. The first-order chi connectivity index (χ1) is 10.2. The molecule has 0 radical (unpaired) electrons. The minimum absolute atomic E-state index is 0.306. The van der Waals surface area contributed by atoms with Crippen LogP contribution < -0.4 is 10.2 Å². The summed E-state index contributed by atoms with van der Waals surface area (Å²) < 4.78 is 5.29. The first-order valence-electron chi connectivity index (χ1n) is 8.08. The summed E-state index contributed by atoms with van der Waals surface area (Å²) in [7, 11) is 1.74. The van der Waals surface area contributed by atoms with Gasteiger partial charge < -0.3 is 15.0 Å². The highest BCUT2D eigenvalue weighted by Crippen LogP contribution is 2.39. The van der Waals surface area contributed by atoms with Crippen LogP contribution in [0.15, 0.2) is 6.07 Å². The number of anilines is 2. The molecule has 1 saturated carbocycles. The van der Waals surface area contributed by atoms with Crippen LogP contribution >= 0.6 is 0 Å². The fraction of sp³-hybridized carbons (Fsp3) is 0.750. The minimum atomic E-state index is 0.306. The van der Waals surface area contributed by atoms with Gasteiger partial charge >= 0.3 is 0 Å². The monoisotopic (exact) mass is 292 g/mol. The van der Waals surface area contributed by atoms with Crippen molar-refractivity contribution in [3.63, 3.8) is 0 Å². The fourth-order valence-electron chi connectivity index (χ4n) is 2.50. The summed E-state index contributed by atoms with van der Waals surface area (Å²) >= 11 is 0. The summed E-state index contributed by atoms with van der Waals surface area (Å²) in [5, 5.41) is 3.40. The summed E-state index contributed by atoms with van der Waals surface area (Å²) in [6.45, 7) is 9.05. The molecule has 1 aromatic rings. The van der Waals surface area contributed by atoms with E-state index < -0.39 is 0 Å². The van der Waals surface area contributed by atoms with Gasteiger partial charge in [0, 0.05) is 32.2 Å². The first-order valence-corrected chi connectivity index (χ1v) is 8.08. The molecule has 1 aliphatic carbocycles. The van der Waals surface area contributed by atoms with E-state index in [1.54, 1.807) is 7.11 Å². The second-order valence-electron chi connectivity index (χ2n) is 5.76. The van der Waals surface area contributed by atoms with Gasteiger partial charge in [-0.1, -0.05) is 6.92 Å². The van der Waals surface area contributed by atoms with E-state index in [1.165, 1.54) is 12.8 Å². The smallest absolute Gasteiger partial charge is 0.136 e. The Hall–Kier alpha value is -1.36. The molecule has 0 aliphatic heterocycles. The molecule has 0 saturated heterocycles. The van der Waals surface area contributed by atoms with Gasteiger partial charge in [-0.25, -0.2) is 9.97 Å². The highest BCUT2D eigenvalue weighted by Gasteiger charge is 2.28. The first kappa shape index (κ1) is 16.0. The second kappa shape index (κ2) is 7.59. The second-order valence-corrected chi connectivity index (χ2v) is 5.76. The van der Waals surface area contributed by atoms with Gasteiger partial charge in [0.05, 0.1) is 12.6 Å². The Morgan fingerprint density at radius 3 is 2.71 bits per heavy atom. The van der Waals surface area contributed by atoms with Crippen LogP contribution in [0, 0.1) is 0 Å². The van der Waals surface area contributed by atoms with Crippen LogP contribution in [0.2, 0.25) is 0 Å². The van der Waals surface area contributed by atoms with Gasteiger partial charge in [0.1, 0.15) is 17.5 Å². The number of aromatic nitrogens is 2. The largest absolute Gasteiger partial charge is 0.383 e. The number of likely N-dealkylation sites (N-methyl/N-ethyl adjacent to an activating group) is 1. The van der Waals surface area contributed by atoms with Crippen LogP contribution in [-0.2, 0) is 4.74 Å². The van der Waals surface area contributed by atoms with E-state index in [-0.39, 0.29) is 0 Å². The highest BCUT2D eigenvalue weighted by molar-refractivity contribution is 5.50. The molecule has 118 valence electrons. The molecule has 1 atom stereocenters. The van der Waals surface area contributed by atoms with Gasteiger partial charge in [-0.3, -0.25) is 0 Å². The normalized spacial score (nSPS) is 15.8. The van der Waals surface area contributed by atoms with Crippen LogP contribution in [-0.4, -0.2) is 42.8 Å². The number of nitrogens with zero attached hydrogens (tertiary/aromatic N) is 3. The molecule has 5 heteroatoms.